The normalized spacial score (nSPS) is 28.1. The van der Waals surface area contributed by atoms with Crippen molar-refractivity contribution in [3.05, 3.63) is 35.4 Å². The van der Waals surface area contributed by atoms with Crippen LogP contribution in [0.15, 0.2) is 24.3 Å². The molecule has 1 saturated heterocycles. The summed E-state index contributed by atoms with van der Waals surface area (Å²) in [6.45, 7) is 0. The molecule has 1 aromatic carbocycles. The number of Topliss-reactive ketones (excluding diaryl/α,β-unsaturated/α-hetero) is 1. The Morgan fingerprint density at radius 1 is 1.29 bits per heavy atom. The third-order valence-electron chi connectivity index (χ3n) is 4.39. The maximum atomic E-state index is 12.4. The minimum absolute atomic E-state index is 0.0850. The van der Waals surface area contributed by atoms with Crippen molar-refractivity contribution in [1.29, 1.82) is 0 Å². The minimum atomic E-state index is -0.924. The quantitative estimate of drug-likeness (QED) is 0.889. The van der Waals surface area contributed by atoms with Gasteiger partial charge in [-0.25, -0.2) is 0 Å². The van der Waals surface area contributed by atoms with Crippen LogP contribution in [0.2, 0.25) is 0 Å². The van der Waals surface area contributed by atoms with Crippen LogP contribution in [-0.4, -0.2) is 34.0 Å². The van der Waals surface area contributed by atoms with Crippen molar-refractivity contribution >= 4 is 23.5 Å². The van der Waals surface area contributed by atoms with Crippen molar-refractivity contribution in [2.75, 3.05) is 5.88 Å². The number of fused-ring (bicyclic) bond motifs is 1. The van der Waals surface area contributed by atoms with Crippen LogP contribution in [0.3, 0.4) is 0 Å². The first-order valence-corrected chi connectivity index (χ1v) is 8.37. The van der Waals surface area contributed by atoms with Gasteiger partial charge in [-0.15, -0.1) is 11.8 Å². The SMILES string of the molecule is O=C(C[C@H]1CCc2ccccc2C1)C1SCN[C@H]1C(=O)O. The molecule has 0 bridgehead atoms. The average Bonchev–Trinajstić information content (AvgIpc) is 2.97. The average molecular weight is 305 g/mol. The lowest BCUT2D eigenvalue weighted by Crippen LogP contribution is -2.42. The van der Waals surface area contributed by atoms with Crippen LogP contribution in [0.5, 0.6) is 0 Å². The number of rotatable bonds is 4. The molecule has 0 saturated carbocycles. The van der Waals surface area contributed by atoms with E-state index in [0.717, 1.165) is 19.3 Å². The number of benzene rings is 1. The first kappa shape index (κ1) is 14.6. The first-order chi connectivity index (χ1) is 10.1. The third kappa shape index (κ3) is 3.14. The van der Waals surface area contributed by atoms with Crippen LogP contribution in [0, 0.1) is 5.92 Å². The van der Waals surface area contributed by atoms with Gasteiger partial charge in [0.05, 0.1) is 5.25 Å². The Bertz CT molecular complexity index is 560. The van der Waals surface area contributed by atoms with Gasteiger partial charge in [0.25, 0.3) is 0 Å². The Balaban J connectivity index is 1.62. The van der Waals surface area contributed by atoms with Crippen molar-refractivity contribution in [2.24, 2.45) is 5.92 Å². The summed E-state index contributed by atoms with van der Waals surface area (Å²) in [4.78, 5) is 23.6. The van der Waals surface area contributed by atoms with Gasteiger partial charge in [0.1, 0.15) is 11.8 Å². The number of carboxylic acid groups (broad SMARTS) is 1. The standard InChI is InChI=1S/C16H19NO3S/c18-13(15-14(16(19)20)17-9-21-15)8-10-5-6-11-3-1-2-4-12(11)7-10/h1-4,10,14-15,17H,5-9H2,(H,19,20)/t10-,14+,15?/m0/s1. The molecule has 3 atom stereocenters. The minimum Gasteiger partial charge on any atom is -0.480 e. The van der Waals surface area contributed by atoms with Gasteiger partial charge < -0.3 is 5.11 Å². The van der Waals surface area contributed by atoms with E-state index < -0.39 is 17.3 Å². The van der Waals surface area contributed by atoms with Crippen LogP contribution >= 0.6 is 11.8 Å². The van der Waals surface area contributed by atoms with E-state index in [-0.39, 0.29) is 5.78 Å². The summed E-state index contributed by atoms with van der Waals surface area (Å²) >= 11 is 1.42. The van der Waals surface area contributed by atoms with Crippen LogP contribution < -0.4 is 5.32 Å². The largest absolute Gasteiger partial charge is 0.480 e. The molecule has 3 rings (SSSR count). The second-order valence-corrected chi connectivity index (χ2v) is 6.93. The predicted octanol–water partition coefficient (Wildman–Crippen LogP) is 1.87. The fraction of sp³-hybridized carbons (Fsp3) is 0.500. The number of aryl methyl sites for hydroxylation is 1. The van der Waals surface area contributed by atoms with Gasteiger partial charge in [0.15, 0.2) is 0 Å². The molecular weight excluding hydrogens is 286 g/mol. The van der Waals surface area contributed by atoms with Gasteiger partial charge in [0.2, 0.25) is 0 Å². The van der Waals surface area contributed by atoms with Crippen molar-refractivity contribution in [3.8, 4) is 0 Å². The Hall–Kier alpha value is -1.33. The number of carboxylic acids is 1. The van der Waals surface area contributed by atoms with Crippen LogP contribution in [0.1, 0.15) is 24.0 Å². The number of nitrogens with one attached hydrogen (secondary N) is 1. The van der Waals surface area contributed by atoms with Gasteiger partial charge in [-0.1, -0.05) is 24.3 Å². The third-order valence-corrected chi connectivity index (χ3v) is 5.62. The summed E-state index contributed by atoms with van der Waals surface area (Å²) in [5.74, 6) is 0.0538. The molecule has 0 amide bonds. The second kappa shape index (κ2) is 6.20. The van der Waals surface area contributed by atoms with Crippen molar-refractivity contribution in [1.82, 2.24) is 5.32 Å². The molecule has 2 aliphatic rings. The molecule has 21 heavy (non-hydrogen) atoms. The smallest absolute Gasteiger partial charge is 0.322 e. The lowest BCUT2D eigenvalue weighted by molar-refractivity contribution is -0.140. The number of thioether (sulfide) groups is 1. The molecule has 1 aliphatic carbocycles. The van der Waals surface area contributed by atoms with Gasteiger partial charge in [-0.2, -0.15) is 0 Å². The highest BCUT2D eigenvalue weighted by atomic mass is 32.2. The summed E-state index contributed by atoms with van der Waals surface area (Å²) in [6, 6.07) is 7.67. The molecule has 1 aromatic rings. The first-order valence-electron chi connectivity index (χ1n) is 7.32. The van der Waals surface area contributed by atoms with E-state index in [2.05, 4.69) is 23.5 Å². The van der Waals surface area contributed by atoms with Gasteiger partial charge in [-0.05, 0) is 36.3 Å². The van der Waals surface area contributed by atoms with Gasteiger partial charge in [-0.3, -0.25) is 14.9 Å². The molecule has 5 heteroatoms. The lowest BCUT2D eigenvalue weighted by Gasteiger charge is -2.25. The van der Waals surface area contributed by atoms with E-state index in [1.807, 2.05) is 6.07 Å². The zero-order valence-electron chi connectivity index (χ0n) is 11.7. The molecule has 0 spiro atoms. The fourth-order valence-electron chi connectivity index (χ4n) is 3.27. The monoisotopic (exact) mass is 305 g/mol. The van der Waals surface area contributed by atoms with E-state index in [1.54, 1.807) is 0 Å². The van der Waals surface area contributed by atoms with E-state index in [9.17, 15) is 9.59 Å². The molecule has 1 unspecified atom stereocenters. The van der Waals surface area contributed by atoms with Crippen molar-refractivity contribution < 1.29 is 14.7 Å². The Morgan fingerprint density at radius 2 is 2.05 bits per heavy atom. The highest BCUT2D eigenvalue weighted by Gasteiger charge is 2.38. The number of carbonyl (C=O) groups is 2. The number of hydrogen-bond donors (Lipinski definition) is 2. The van der Waals surface area contributed by atoms with Crippen LogP contribution in [0.25, 0.3) is 0 Å². The van der Waals surface area contributed by atoms with E-state index in [0.29, 0.717) is 18.2 Å². The summed E-state index contributed by atoms with van der Waals surface area (Å²) in [7, 11) is 0. The highest BCUT2D eigenvalue weighted by molar-refractivity contribution is 8.00. The molecule has 1 aliphatic heterocycles. The van der Waals surface area contributed by atoms with Crippen LogP contribution in [-0.2, 0) is 22.4 Å². The second-order valence-electron chi connectivity index (χ2n) is 5.80. The van der Waals surface area contributed by atoms with Crippen molar-refractivity contribution in [3.63, 3.8) is 0 Å². The molecular formula is C16H19NO3S. The molecule has 1 heterocycles. The topological polar surface area (TPSA) is 66.4 Å². The number of aliphatic carboxylic acids is 1. The summed E-state index contributed by atoms with van der Waals surface area (Å²) < 4.78 is 0. The van der Waals surface area contributed by atoms with Crippen molar-refractivity contribution in [2.45, 2.75) is 37.0 Å². The Labute approximate surface area is 128 Å². The lowest BCUT2D eigenvalue weighted by atomic mass is 9.81. The Morgan fingerprint density at radius 3 is 2.81 bits per heavy atom. The maximum absolute atomic E-state index is 12.4. The van der Waals surface area contributed by atoms with Crippen LogP contribution in [0.4, 0.5) is 0 Å². The molecule has 4 nitrogen and oxygen atoms in total. The maximum Gasteiger partial charge on any atom is 0.322 e. The summed E-state index contributed by atoms with van der Waals surface area (Å²) in [6.07, 6.45) is 3.47. The van der Waals surface area contributed by atoms with Gasteiger partial charge in [0, 0.05) is 12.3 Å². The van der Waals surface area contributed by atoms with E-state index >= 15 is 0 Å². The van der Waals surface area contributed by atoms with E-state index in [4.69, 9.17) is 5.11 Å². The number of ketones is 1. The predicted molar refractivity (Wildman–Crippen MR) is 82.4 cm³/mol. The summed E-state index contributed by atoms with van der Waals surface area (Å²) in [5, 5.41) is 11.6. The fourth-order valence-corrected chi connectivity index (χ4v) is 4.42. The Kier molecular flexibility index (Phi) is 4.31. The molecule has 1 fully saturated rings. The zero-order valence-corrected chi connectivity index (χ0v) is 12.6. The molecule has 0 aromatic heterocycles. The van der Waals surface area contributed by atoms with E-state index in [1.165, 1.54) is 22.9 Å². The van der Waals surface area contributed by atoms with Gasteiger partial charge >= 0.3 is 5.97 Å². The number of carbonyl (C=O) groups excluding carboxylic acids is 1. The molecule has 112 valence electrons. The zero-order chi connectivity index (χ0) is 14.8. The molecule has 2 N–H and O–H groups in total. The highest BCUT2D eigenvalue weighted by Crippen LogP contribution is 2.30. The molecule has 0 radical (unpaired) electrons. The summed E-state index contributed by atoms with van der Waals surface area (Å²) in [5.41, 5.74) is 2.73. The number of hydrogen-bond acceptors (Lipinski definition) is 4.